The first-order valence-corrected chi connectivity index (χ1v) is 8.78. The summed E-state index contributed by atoms with van der Waals surface area (Å²) < 4.78 is 15.8. The van der Waals surface area contributed by atoms with Crippen LogP contribution in [0.15, 0.2) is 36.4 Å². The number of aryl methyl sites for hydroxylation is 1. The molecule has 2 amide bonds. The third kappa shape index (κ3) is 5.39. The quantitative estimate of drug-likeness (QED) is 0.755. The second kappa shape index (κ2) is 9.64. The minimum Gasteiger partial charge on any atom is -0.495 e. The van der Waals surface area contributed by atoms with Gasteiger partial charge in [0.1, 0.15) is 12.3 Å². The summed E-state index contributed by atoms with van der Waals surface area (Å²) in [5.74, 6) is 1.22. The topological polar surface area (TPSA) is 77.1 Å². The van der Waals surface area contributed by atoms with E-state index in [1.165, 1.54) is 11.8 Å². The van der Waals surface area contributed by atoms with Gasteiger partial charge in [0.05, 0.1) is 27.0 Å². The van der Waals surface area contributed by atoms with E-state index in [4.69, 9.17) is 14.2 Å². The summed E-state index contributed by atoms with van der Waals surface area (Å²) in [5.41, 5.74) is 2.39. The van der Waals surface area contributed by atoms with Gasteiger partial charge in [0.25, 0.3) is 0 Å². The van der Waals surface area contributed by atoms with E-state index in [0.29, 0.717) is 22.9 Å². The van der Waals surface area contributed by atoms with E-state index in [-0.39, 0.29) is 24.9 Å². The number of hydrogen-bond acceptors (Lipinski definition) is 5. The number of carbonyl (C=O) groups excluding carboxylic acids is 2. The maximum Gasteiger partial charge on any atom is 0.244 e. The Morgan fingerprint density at radius 1 is 0.929 bits per heavy atom. The van der Waals surface area contributed by atoms with Gasteiger partial charge in [-0.3, -0.25) is 9.59 Å². The van der Waals surface area contributed by atoms with Gasteiger partial charge in [0, 0.05) is 13.5 Å². The molecule has 1 N–H and O–H groups in total. The molecule has 0 aliphatic carbocycles. The summed E-state index contributed by atoms with van der Waals surface area (Å²) in [7, 11) is 4.65. The zero-order valence-corrected chi connectivity index (χ0v) is 16.9. The Morgan fingerprint density at radius 2 is 1.57 bits per heavy atom. The maximum absolute atomic E-state index is 12.5. The van der Waals surface area contributed by atoms with E-state index in [9.17, 15) is 9.59 Å². The molecule has 0 radical (unpaired) electrons. The number of anilines is 1. The number of hydrogen-bond donors (Lipinski definition) is 1. The highest BCUT2D eigenvalue weighted by Gasteiger charge is 2.17. The lowest BCUT2D eigenvalue weighted by molar-refractivity contribution is -0.133. The largest absolute Gasteiger partial charge is 0.495 e. The first-order chi connectivity index (χ1) is 13.4. The van der Waals surface area contributed by atoms with Crippen LogP contribution in [-0.2, 0) is 16.1 Å². The molecule has 28 heavy (non-hydrogen) atoms. The van der Waals surface area contributed by atoms with Crippen LogP contribution in [0, 0.1) is 6.92 Å². The minimum atomic E-state index is -0.306. The van der Waals surface area contributed by atoms with Gasteiger partial charge in [0.15, 0.2) is 11.5 Å². The fraction of sp³-hybridized carbons (Fsp3) is 0.333. The summed E-state index contributed by atoms with van der Waals surface area (Å²) >= 11 is 0. The van der Waals surface area contributed by atoms with Crippen molar-refractivity contribution in [2.24, 2.45) is 0 Å². The lowest BCUT2D eigenvalue weighted by atomic mass is 10.2. The van der Waals surface area contributed by atoms with Gasteiger partial charge >= 0.3 is 0 Å². The molecule has 0 atom stereocenters. The van der Waals surface area contributed by atoms with Crippen LogP contribution >= 0.6 is 0 Å². The number of rotatable bonds is 8. The van der Waals surface area contributed by atoms with Crippen LogP contribution in [0.4, 0.5) is 5.69 Å². The number of methoxy groups -OCH3 is 3. The summed E-state index contributed by atoms with van der Waals surface area (Å²) in [4.78, 5) is 26.0. The lowest BCUT2D eigenvalue weighted by Gasteiger charge is -2.21. The molecule has 7 heteroatoms. The van der Waals surface area contributed by atoms with E-state index >= 15 is 0 Å². The Balaban J connectivity index is 2.12. The summed E-state index contributed by atoms with van der Waals surface area (Å²) in [6.07, 6.45) is 0. The molecule has 0 spiro atoms. The van der Waals surface area contributed by atoms with Crippen LogP contribution in [0.25, 0.3) is 0 Å². The van der Waals surface area contributed by atoms with Crippen molar-refractivity contribution in [3.05, 3.63) is 47.5 Å². The van der Waals surface area contributed by atoms with Crippen molar-refractivity contribution in [3.8, 4) is 17.2 Å². The molecule has 0 saturated heterocycles. The van der Waals surface area contributed by atoms with Gasteiger partial charge in [0.2, 0.25) is 11.8 Å². The molecule has 0 unspecified atom stereocenters. The summed E-state index contributed by atoms with van der Waals surface area (Å²) in [6.45, 7) is 3.55. The SMILES string of the molecule is COc1ccc(C)cc1NC(=O)CN(Cc1ccc(OC)c(OC)c1)C(C)=O. The molecular formula is C21H26N2O5. The van der Waals surface area contributed by atoms with Crippen LogP contribution in [0.2, 0.25) is 0 Å². The van der Waals surface area contributed by atoms with Gasteiger partial charge in [-0.2, -0.15) is 0 Å². The fourth-order valence-electron chi connectivity index (χ4n) is 2.76. The standard InChI is InChI=1S/C21H26N2O5/c1-14-6-8-18(26-3)17(10-14)22-21(25)13-23(15(2)24)12-16-7-9-19(27-4)20(11-16)28-5/h6-11H,12-13H2,1-5H3,(H,22,25). The fourth-order valence-corrected chi connectivity index (χ4v) is 2.76. The number of nitrogens with one attached hydrogen (secondary N) is 1. The predicted octanol–water partition coefficient (Wildman–Crippen LogP) is 3.01. The minimum absolute atomic E-state index is 0.0826. The molecule has 0 saturated carbocycles. The Morgan fingerprint density at radius 3 is 2.18 bits per heavy atom. The Hall–Kier alpha value is -3.22. The summed E-state index contributed by atoms with van der Waals surface area (Å²) in [6, 6.07) is 10.9. The normalized spacial score (nSPS) is 10.2. The van der Waals surface area contributed by atoms with Crippen LogP contribution in [-0.4, -0.2) is 44.6 Å². The number of carbonyl (C=O) groups is 2. The van der Waals surface area contributed by atoms with Gasteiger partial charge in [-0.1, -0.05) is 12.1 Å². The average molecular weight is 386 g/mol. The number of amides is 2. The molecule has 150 valence electrons. The average Bonchev–Trinajstić information content (AvgIpc) is 2.67. The van der Waals surface area contributed by atoms with E-state index in [1.54, 1.807) is 39.5 Å². The van der Waals surface area contributed by atoms with Gasteiger partial charge in [-0.05, 0) is 42.3 Å². The third-order valence-corrected chi connectivity index (χ3v) is 4.23. The highest BCUT2D eigenvalue weighted by molar-refractivity contribution is 5.95. The van der Waals surface area contributed by atoms with Crippen LogP contribution in [0.1, 0.15) is 18.1 Å². The molecule has 0 aliphatic heterocycles. The highest BCUT2D eigenvalue weighted by atomic mass is 16.5. The smallest absolute Gasteiger partial charge is 0.244 e. The first kappa shape index (κ1) is 21.1. The molecular weight excluding hydrogens is 360 g/mol. The summed E-state index contributed by atoms with van der Waals surface area (Å²) in [5, 5.41) is 2.81. The Kier molecular flexibility index (Phi) is 7.26. The zero-order chi connectivity index (χ0) is 20.7. The van der Waals surface area contributed by atoms with E-state index in [1.807, 2.05) is 25.1 Å². The van der Waals surface area contributed by atoms with Crippen molar-refractivity contribution in [2.45, 2.75) is 20.4 Å². The van der Waals surface area contributed by atoms with E-state index in [2.05, 4.69) is 5.32 Å². The molecule has 7 nitrogen and oxygen atoms in total. The Bertz CT molecular complexity index is 851. The van der Waals surface area contributed by atoms with Crippen molar-refractivity contribution in [1.82, 2.24) is 4.90 Å². The highest BCUT2D eigenvalue weighted by Crippen LogP contribution is 2.28. The molecule has 0 aromatic heterocycles. The molecule has 2 rings (SSSR count). The lowest BCUT2D eigenvalue weighted by Crippen LogP contribution is -2.36. The van der Waals surface area contributed by atoms with Gasteiger partial charge in [-0.15, -0.1) is 0 Å². The number of nitrogens with zero attached hydrogens (tertiary/aromatic N) is 1. The molecule has 0 fully saturated rings. The zero-order valence-electron chi connectivity index (χ0n) is 16.9. The molecule has 0 aliphatic rings. The van der Waals surface area contributed by atoms with Crippen LogP contribution in [0.3, 0.4) is 0 Å². The van der Waals surface area contributed by atoms with Gasteiger partial charge in [-0.25, -0.2) is 0 Å². The second-order valence-corrected chi connectivity index (χ2v) is 6.32. The van der Waals surface area contributed by atoms with Gasteiger partial charge < -0.3 is 24.4 Å². The van der Waals surface area contributed by atoms with Crippen LogP contribution in [0.5, 0.6) is 17.2 Å². The van der Waals surface area contributed by atoms with Crippen molar-refractivity contribution in [2.75, 3.05) is 33.2 Å². The molecule has 0 bridgehead atoms. The predicted molar refractivity (Wildman–Crippen MR) is 107 cm³/mol. The molecule has 2 aromatic carbocycles. The maximum atomic E-state index is 12.5. The second-order valence-electron chi connectivity index (χ2n) is 6.32. The monoisotopic (exact) mass is 386 g/mol. The number of ether oxygens (including phenoxy) is 3. The van der Waals surface area contributed by atoms with Crippen molar-refractivity contribution < 1.29 is 23.8 Å². The van der Waals surface area contributed by atoms with Crippen molar-refractivity contribution in [1.29, 1.82) is 0 Å². The molecule has 0 heterocycles. The third-order valence-electron chi connectivity index (χ3n) is 4.23. The Labute approximate surface area is 165 Å². The van der Waals surface area contributed by atoms with Crippen molar-refractivity contribution >= 4 is 17.5 Å². The molecule has 2 aromatic rings. The van der Waals surface area contributed by atoms with Crippen molar-refractivity contribution in [3.63, 3.8) is 0 Å². The van der Waals surface area contributed by atoms with Crippen LogP contribution < -0.4 is 19.5 Å². The van der Waals surface area contributed by atoms with E-state index < -0.39 is 0 Å². The number of benzene rings is 2. The first-order valence-electron chi connectivity index (χ1n) is 8.78. The van der Waals surface area contributed by atoms with E-state index in [0.717, 1.165) is 11.1 Å².